The van der Waals surface area contributed by atoms with E-state index in [2.05, 4.69) is 16.7 Å². The minimum absolute atomic E-state index is 0.0845. The number of aromatic nitrogens is 1. The molecule has 4 rings (SSSR count). The van der Waals surface area contributed by atoms with E-state index in [0.29, 0.717) is 29.2 Å². The number of fused-ring (bicyclic) bond motifs is 1. The zero-order valence-electron chi connectivity index (χ0n) is 15.9. The number of carbonyl (C=O) groups excluding carboxylic acids is 1. The van der Waals surface area contributed by atoms with Crippen molar-refractivity contribution in [1.82, 2.24) is 4.57 Å². The second-order valence-corrected chi connectivity index (χ2v) is 6.57. The molecule has 0 amide bonds. The second kappa shape index (κ2) is 7.61. The van der Waals surface area contributed by atoms with E-state index in [1.807, 2.05) is 48.7 Å². The lowest BCUT2D eigenvalue weighted by Crippen LogP contribution is -2.04. The highest BCUT2D eigenvalue weighted by Gasteiger charge is 2.20. The Morgan fingerprint density at radius 1 is 0.857 bits per heavy atom. The molecule has 0 aliphatic carbocycles. The molecular formula is C24H21NO3. The molecule has 1 aromatic heterocycles. The molecule has 0 unspecified atom stereocenters. The van der Waals surface area contributed by atoms with Crippen LogP contribution in [0.2, 0.25) is 0 Å². The number of carbonyl (C=O) groups is 1. The Morgan fingerprint density at radius 2 is 1.61 bits per heavy atom. The highest BCUT2D eigenvalue weighted by atomic mass is 16.5. The fourth-order valence-corrected chi connectivity index (χ4v) is 3.48. The molecule has 0 radical (unpaired) electrons. The molecule has 3 aromatic carbocycles. The van der Waals surface area contributed by atoms with Crippen molar-refractivity contribution >= 4 is 16.7 Å². The Bertz CT molecular complexity index is 1130. The summed E-state index contributed by atoms with van der Waals surface area (Å²) in [4.78, 5) is 13.4. The third-order valence-electron chi connectivity index (χ3n) is 4.88. The van der Waals surface area contributed by atoms with Crippen LogP contribution in [-0.2, 0) is 6.54 Å². The quantitative estimate of drug-likeness (QED) is 0.451. The lowest BCUT2D eigenvalue weighted by Gasteiger charge is -2.09. The van der Waals surface area contributed by atoms with Crippen LogP contribution in [0.1, 0.15) is 21.5 Å². The summed E-state index contributed by atoms with van der Waals surface area (Å²) in [5.74, 6) is 1.07. The summed E-state index contributed by atoms with van der Waals surface area (Å²) in [6.45, 7) is 0.698. The van der Waals surface area contributed by atoms with Gasteiger partial charge in [-0.05, 0) is 29.8 Å². The van der Waals surface area contributed by atoms with Gasteiger partial charge >= 0.3 is 0 Å². The van der Waals surface area contributed by atoms with Gasteiger partial charge in [0, 0.05) is 29.2 Å². The van der Waals surface area contributed by atoms with Gasteiger partial charge in [-0.2, -0.15) is 0 Å². The molecule has 0 saturated heterocycles. The number of para-hydroxylation sites is 1. The van der Waals surface area contributed by atoms with Crippen LogP contribution < -0.4 is 9.47 Å². The van der Waals surface area contributed by atoms with Crippen LogP contribution in [0, 0.1) is 0 Å². The standard InChI is InChI=1S/C24H21NO3/c1-27-18-12-13-23(28-2)20(14-18)24(26)21-16-25(15-17-8-4-3-5-9-17)22-11-7-6-10-19(21)22/h3-14,16H,15H2,1-2H3. The molecule has 0 saturated carbocycles. The van der Waals surface area contributed by atoms with Gasteiger partial charge in [0.15, 0.2) is 5.78 Å². The highest BCUT2D eigenvalue weighted by Crippen LogP contribution is 2.30. The van der Waals surface area contributed by atoms with E-state index in [1.54, 1.807) is 32.4 Å². The number of benzene rings is 3. The number of ether oxygens (including phenoxy) is 2. The van der Waals surface area contributed by atoms with Crippen LogP contribution in [0.5, 0.6) is 11.5 Å². The Morgan fingerprint density at radius 3 is 2.36 bits per heavy atom. The summed E-state index contributed by atoms with van der Waals surface area (Å²) >= 11 is 0. The maximum Gasteiger partial charge on any atom is 0.199 e. The van der Waals surface area contributed by atoms with Crippen molar-refractivity contribution in [2.24, 2.45) is 0 Å². The van der Waals surface area contributed by atoms with E-state index in [0.717, 1.165) is 10.9 Å². The van der Waals surface area contributed by atoms with Gasteiger partial charge in [0.25, 0.3) is 0 Å². The monoisotopic (exact) mass is 371 g/mol. The minimum atomic E-state index is -0.0845. The van der Waals surface area contributed by atoms with E-state index >= 15 is 0 Å². The predicted octanol–water partition coefficient (Wildman–Crippen LogP) is 4.94. The van der Waals surface area contributed by atoms with Crippen LogP contribution in [0.3, 0.4) is 0 Å². The van der Waals surface area contributed by atoms with Crippen molar-refractivity contribution in [3.05, 3.63) is 95.7 Å². The van der Waals surface area contributed by atoms with Crippen LogP contribution in [0.15, 0.2) is 79.0 Å². The molecule has 0 bridgehead atoms. The molecule has 4 nitrogen and oxygen atoms in total. The van der Waals surface area contributed by atoms with Crippen LogP contribution in [0.25, 0.3) is 10.9 Å². The van der Waals surface area contributed by atoms with Crippen LogP contribution >= 0.6 is 0 Å². The van der Waals surface area contributed by atoms with Crippen molar-refractivity contribution in [3.8, 4) is 11.5 Å². The average molecular weight is 371 g/mol. The summed E-state index contributed by atoms with van der Waals surface area (Å²) in [5, 5.41) is 0.924. The molecule has 0 spiro atoms. The normalized spacial score (nSPS) is 10.8. The Labute approximate surface area is 163 Å². The lowest BCUT2D eigenvalue weighted by atomic mass is 10.0. The third kappa shape index (κ3) is 3.25. The molecule has 0 aliphatic rings. The molecule has 0 fully saturated rings. The molecule has 4 aromatic rings. The van der Waals surface area contributed by atoms with Crippen molar-refractivity contribution in [2.75, 3.05) is 14.2 Å². The SMILES string of the molecule is COc1ccc(OC)c(C(=O)c2cn(Cc3ccccc3)c3ccccc23)c1. The van der Waals surface area contributed by atoms with Crippen LogP contribution in [0.4, 0.5) is 0 Å². The average Bonchev–Trinajstić information content (AvgIpc) is 3.12. The highest BCUT2D eigenvalue weighted by molar-refractivity contribution is 6.17. The van der Waals surface area contributed by atoms with Gasteiger partial charge < -0.3 is 14.0 Å². The number of methoxy groups -OCH3 is 2. The molecule has 0 N–H and O–H groups in total. The van der Waals surface area contributed by atoms with Gasteiger partial charge in [0.1, 0.15) is 11.5 Å². The Kier molecular flexibility index (Phi) is 4.85. The molecular weight excluding hydrogens is 350 g/mol. The molecule has 1 heterocycles. The Hall–Kier alpha value is -3.53. The van der Waals surface area contributed by atoms with E-state index in [-0.39, 0.29) is 5.78 Å². The smallest absolute Gasteiger partial charge is 0.199 e. The van der Waals surface area contributed by atoms with Crippen molar-refractivity contribution in [3.63, 3.8) is 0 Å². The number of hydrogen-bond acceptors (Lipinski definition) is 3. The van der Waals surface area contributed by atoms with Gasteiger partial charge in [0.2, 0.25) is 0 Å². The summed E-state index contributed by atoms with van der Waals surface area (Å²) in [6, 6.07) is 23.5. The summed E-state index contributed by atoms with van der Waals surface area (Å²) in [6.07, 6.45) is 1.93. The Balaban J connectivity index is 1.82. The molecule has 28 heavy (non-hydrogen) atoms. The maximum absolute atomic E-state index is 13.4. The fraction of sp³-hybridized carbons (Fsp3) is 0.125. The van der Waals surface area contributed by atoms with Crippen molar-refractivity contribution in [2.45, 2.75) is 6.54 Å². The topological polar surface area (TPSA) is 40.5 Å². The molecule has 140 valence electrons. The van der Waals surface area contributed by atoms with Gasteiger partial charge in [-0.25, -0.2) is 0 Å². The molecule has 4 heteroatoms. The summed E-state index contributed by atoms with van der Waals surface area (Å²) < 4.78 is 12.8. The van der Waals surface area contributed by atoms with Gasteiger partial charge in [-0.1, -0.05) is 48.5 Å². The first-order chi connectivity index (χ1) is 13.7. The fourth-order valence-electron chi connectivity index (χ4n) is 3.48. The molecule has 0 aliphatic heterocycles. The van der Waals surface area contributed by atoms with Crippen LogP contribution in [-0.4, -0.2) is 24.6 Å². The summed E-state index contributed by atoms with van der Waals surface area (Å²) in [7, 11) is 3.15. The van der Waals surface area contributed by atoms with E-state index < -0.39 is 0 Å². The zero-order chi connectivity index (χ0) is 19.5. The third-order valence-corrected chi connectivity index (χ3v) is 4.88. The first kappa shape index (κ1) is 17.9. The van der Waals surface area contributed by atoms with E-state index in [1.165, 1.54) is 5.56 Å². The minimum Gasteiger partial charge on any atom is -0.497 e. The largest absolute Gasteiger partial charge is 0.497 e. The van der Waals surface area contributed by atoms with Gasteiger partial charge in [0.05, 0.1) is 19.8 Å². The zero-order valence-corrected chi connectivity index (χ0v) is 15.9. The van der Waals surface area contributed by atoms with Gasteiger partial charge in [-0.3, -0.25) is 4.79 Å². The van der Waals surface area contributed by atoms with Crippen molar-refractivity contribution < 1.29 is 14.3 Å². The summed E-state index contributed by atoms with van der Waals surface area (Å²) in [5.41, 5.74) is 3.35. The van der Waals surface area contributed by atoms with E-state index in [9.17, 15) is 4.79 Å². The molecule has 0 atom stereocenters. The van der Waals surface area contributed by atoms with E-state index in [4.69, 9.17) is 9.47 Å². The lowest BCUT2D eigenvalue weighted by molar-refractivity contribution is 0.103. The number of hydrogen-bond donors (Lipinski definition) is 0. The maximum atomic E-state index is 13.4. The first-order valence-electron chi connectivity index (χ1n) is 9.10. The van der Waals surface area contributed by atoms with Crippen molar-refractivity contribution in [1.29, 1.82) is 0 Å². The first-order valence-corrected chi connectivity index (χ1v) is 9.10. The second-order valence-electron chi connectivity index (χ2n) is 6.57. The number of nitrogens with zero attached hydrogens (tertiary/aromatic N) is 1. The predicted molar refractivity (Wildman–Crippen MR) is 110 cm³/mol. The number of rotatable bonds is 6. The van der Waals surface area contributed by atoms with Gasteiger partial charge in [-0.15, -0.1) is 0 Å². The number of ketones is 1.